The van der Waals surface area contributed by atoms with E-state index < -0.39 is 6.03 Å². The Kier molecular flexibility index (Phi) is 3.79. The molecule has 0 saturated heterocycles. The molecule has 0 aliphatic heterocycles. The molecule has 0 heterocycles. The maximum atomic E-state index is 9.88. The molecule has 5 nitrogen and oxygen atoms in total. The van der Waals surface area contributed by atoms with Crippen molar-refractivity contribution in [2.24, 2.45) is 10.8 Å². The van der Waals surface area contributed by atoms with Crippen molar-refractivity contribution in [1.82, 2.24) is 5.43 Å². The zero-order valence-corrected chi connectivity index (χ0v) is 4.66. The van der Waals surface area contributed by atoms with Crippen LogP contribution in [-0.4, -0.2) is 12.2 Å². The zero-order chi connectivity index (χ0) is 7.11. The summed E-state index contributed by atoms with van der Waals surface area (Å²) >= 11 is 0. The molecule has 9 heavy (non-hydrogen) atoms. The molecule has 0 aromatic rings. The number of primary amides is 1. The molecule has 0 aliphatic rings. The zero-order valence-electron chi connectivity index (χ0n) is 4.66. The van der Waals surface area contributed by atoms with Gasteiger partial charge in [0.25, 0.3) is 0 Å². The van der Waals surface area contributed by atoms with Crippen molar-refractivity contribution in [2.45, 2.75) is 6.42 Å². The van der Waals surface area contributed by atoms with Crippen LogP contribution in [0.5, 0.6) is 0 Å². The van der Waals surface area contributed by atoms with Crippen molar-refractivity contribution in [1.29, 1.82) is 5.26 Å². The van der Waals surface area contributed by atoms with Crippen molar-refractivity contribution in [3.63, 3.8) is 0 Å². The number of carbonyl (C=O) groups excluding carboxylic acids is 1. The highest BCUT2D eigenvalue weighted by Crippen LogP contribution is 1.64. The second-order valence-electron chi connectivity index (χ2n) is 1.15. The van der Waals surface area contributed by atoms with Gasteiger partial charge in [0, 0.05) is 6.21 Å². The Hall–Kier alpha value is -1.57. The van der Waals surface area contributed by atoms with Crippen LogP contribution < -0.4 is 11.2 Å². The third kappa shape index (κ3) is 6.43. The number of hydrogen-bond donors (Lipinski definition) is 2. The first-order valence-corrected chi connectivity index (χ1v) is 2.21. The summed E-state index contributed by atoms with van der Waals surface area (Å²) in [6.07, 6.45) is 1.42. The van der Waals surface area contributed by atoms with Crippen LogP contribution in [0, 0.1) is 11.3 Å². The number of hydrazone groups is 1. The van der Waals surface area contributed by atoms with Crippen molar-refractivity contribution in [2.75, 3.05) is 0 Å². The Bertz CT molecular complexity index is 156. The van der Waals surface area contributed by atoms with Gasteiger partial charge in [-0.2, -0.15) is 10.4 Å². The van der Waals surface area contributed by atoms with Gasteiger partial charge in [-0.05, 0) is 0 Å². The van der Waals surface area contributed by atoms with E-state index in [1.807, 2.05) is 5.43 Å². The molecule has 0 saturated carbocycles. The van der Waals surface area contributed by atoms with Crippen LogP contribution in [-0.2, 0) is 0 Å². The number of carbonyl (C=O) groups is 1. The average molecular weight is 126 g/mol. The lowest BCUT2D eigenvalue weighted by atomic mass is 10.5. The van der Waals surface area contributed by atoms with Crippen LogP contribution in [0.2, 0.25) is 0 Å². The summed E-state index contributed by atoms with van der Waals surface area (Å²) in [7, 11) is 0. The van der Waals surface area contributed by atoms with Crippen molar-refractivity contribution in [3.8, 4) is 6.07 Å². The van der Waals surface area contributed by atoms with E-state index in [0.29, 0.717) is 0 Å². The molecular weight excluding hydrogens is 120 g/mol. The smallest absolute Gasteiger partial charge is 0.332 e. The maximum Gasteiger partial charge on any atom is 0.332 e. The van der Waals surface area contributed by atoms with E-state index in [1.165, 1.54) is 6.21 Å². The normalized spacial score (nSPS) is 8.78. The summed E-state index contributed by atoms with van der Waals surface area (Å²) in [4.78, 5) is 9.88. The summed E-state index contributed by atoms with van der Waals surface area (Å²) in [5, 5.41) is 11.2. The van der Waals surface area contributed by atoms with Crippen LogP contribution in [0.3, 0.4) is 0 Å². The van der Waals surface area contributed by atoms with Crippen molar-refractivity contribution in [3.05, 3.63) is 0 Å². The minimum atomic E-state index is -0.732. The fourth-order valence-electron chi connectivity index (χ4n) is 0.196. The van der Waals surface area contributed by atoms with E-state index in [0.717, 1.165) is 0 Å². The number of hydrogen-bond acceptors (Lipinski definition) is 3. The summed E-state index contributed by atoms with van der Waals surface area (Å²) in [5.74, 6) is 0. The molecule has 3 N–H and O–H groups in total. The average Bonchev–Trinajstić information content (AvgIpc) is 1.80. The molecular formula is C4H6N4O. The fourth-order valence-corrected chi connectivity index (χ4v) is 0.196. The molecule has 0 atom stereocenters. The Morgan fingerprint density at radius 1 is 2.00 bits per heavy atom. The lowest BCUT2D eigenvalue weighted by molar-refractivity contribution is 0.249. The minimum Gasteiger partial charge on any atom is -0.350 e. The standard InChI is InChI=1S/C4H6N4O/c5-2-1-3-7-8-4(6)9/h3H,1H2,(H3,6,8,9)/b7-3+. The van der Waals surface area contributed by atoms with Crippen LogP contribution in [0.15, 0.2) is 5.10 Å². The van der Waals surface area contributed by atoms with Gasteiger partial charge in [0.1, 0.15) is 0 Å². The fraction of sp³-hybridized carbons (Fsp3) is 0.250. The van der Waals surface area contributed by atoms with E-state index in [2.05, 4.69) is 10.8 Å². The second-order valence-corrected chi connectivity index (χ2v) is 1.15. The molecule has 48 valence electrons. The van der Waals surface area contributed by atoms with Gasteiger partial charge in [-0.1, -0.05) is 0 Å². The van der Waals surface area contributed by atoms with E-state index in [1.54, 1.807) is 6.07 Å². The third-order valence-electron chi connectivity index (χ3n) is 0.449. The number of nitrogens with two attached hydrogens (primary N) is 1. The second kappa shape index (κ2) is 4.59. The molecule has 0 fully saturated rings. The molecule has 0 unspecified atom stereocenters. The molecule has 2 amide bonds. The van der Waals surface area contributed by atoms with Gasteiger partial charge < -0.3 is 5.73 Å². The Morgan fingerprint density at radius 3 is 3.11 bits per heavy atom. The largest absolute Gasteiger partial charge is 0.350 e. The number of amides is 2. The molecule has 0 bridgehead atoms. The monoisotopic (exact) mass is 126 g/mol. The van der Waals surface area contributed by atoms with Gasteiger partial charge in [0.05, 0.1) is 12.5 Å². The quantitative estimate of drug-likeness (QED) is 0.387. The van der Waals surface area contributed by atoms with Crippen molar-refractivity contribution >= 4 is 12.2 Å². The number of nitrogens with one attached hydrogen (secondary N) is 1. The van der Waals surface area contributed by atoms with Gasteiger partial charge in [0.15, 0.2) is 0 Å². The summed E-state index contributed by atoms with van der Waals surface area (Å²) in [5.41, 5.74) is 6.57. The lowest BCUT2D eigenvalue weighted by Gasteiger charge is -1.86. The topological polar surface area (TPSA) is 91.3 Å². The van der Waals surface area contributed by atoms with Gasteiger partial charge >= 0.3 is 6.03 Å². The van der Waals surface area contributed by atoms with Crippen LogP contribution in [0.4, 0.5) is 4.79 Å². The first-order chi connectivity index (χ1) is 4.27. The van der Waals surface area contributed by atoms with E-state index in [9.17, 15) is 4.79 Å². The summed E-state index contributed by atoms with van der Waals surface area (Å²) < 4.78 is 0. The van der Waals surface area contributed by atoms with Gasteiger partial charge in [0.2, 0.25) is 0 Å². The van der Waals surface area contributed by atoms with E-state index in [-0.39, 0.29) is 6.42 Å². The van der Waals surface area contributed by atoms with Gasteiger partial charge in [-0.25, -0.2) is 10.2 Å². The van der Waals surface area contributed by atoms with Crippen LogP contribution in [0.25, 0.3) is 0 Å². The highest BCUT2D eigenvalue weighted by atomic mass is 16.2. The van der Waals surface area contributed by atoms with E-state index in [4.69, 9.17) is 5.26 Å². The predicted molar refractivity (Wildman–Crippen MR) is 31.4 cm³/mol. The van der Waals surface area contributed by atoms with Crippen molar-refractivity contribution < 1.29 is 4.79 Å². The first kappa shape index (κ1) is 7.43. The number of nitriles is 1. The Labute approximate surface area is 52.1 Å². The van der Waals surface area contributed by atoms with E-state index >= 15 is 0 Å². The van der Waals surface area contributed by atoms with Crippen LogP contribution in [0.1, 0.15) is 6.42 Å². The molecule has 0 rings (SSSR count). The Morgan fingerprint density at radius 2 is 2.67 bits per heavy atom. The Balaban J connectivity index is 3.28. The predicted octanol–water partition coefficient (Wildman–Crippen LogP) is -0.446. The highest BCUT2D eigenvalue weighted by molar-refractivity contribution is 5.73. The number of nitrogens with zero attached hydrogens (tertiary/aromatic N) is 2. The molecule has 0 radical (unpaired) electrons. The number of urea groups is 1. The highest BCUT2D eigenvalue weighted by Gasteiger charge is 1.81. The SMILES string of the molecule is N#CC/C=N/NC(N)=O. The van der Waals surface area contributed by atoms with Gasteiger partial charge in [-0.15, -0.1) is 0 Å². The molecule has 0 spiro atoms. The molecule has 0 aromatic heterocycles. The molecule has 5 heteroatoms. The summed E-state index contributed by atoms with van der Waals surface area (Å²) in [6, 6.07) is 1.07. The minimum absolute atomic E-state index is 0.167. The summed E-state index contributed by atoms with van der Waals surface area (Å²) in [6.45, 7) is 0. The van der Waals surface area contributed by atoms with Gasteiger partial charge in [-0.3, -0.25) is 0 Å². The van der Waals surface area contributed by atoms with Crippen LogP contribution >= 0.6 is 0 Å². The molecule has 0 aromatic carbocycles. The maximum absolute atomic E-state index is 9.88. The number of rotatable bonds is 2. The first-order valence-electron chi connectivity index (χ1n) is 2.21. The third-order valence-corrected chi connectivity index (χ3v) is 0.449. The molecule has 0 aliphatic carbocycles. The lowest BCUT2D eigenvalue weighted by Crippen LogP contribution is -2.24.